The van der Waals surface area contributed by atoms with Crippen molar-refractivity contribution in [1.82, 2.24) is 14.9 Å². The van der Waals surface area contributed by atoms with Crippen LogP contribution < -0.4 is 10.1 Å². The molecule has 3 aromatic carbocycles. The topological polar surface area (TPSA) is 56.2 Å². The number of para-hydroxylation sites is 2. The molecule has 4 aromatic rings. The van der Waals surface area contributed by atoms with Crippen molar-refractivity contribution in [1.29, 1.82) is 0 Å². The average molecular weight is 440 g/mol. The van der Waals surface area contributed by atoms with Crippen LogP contribution in [-0.2, 0) is 24.4 Å². The summed E-state index contributed by atoms with van der Waals surface area (Å²) in [5, 5.41) is 2.96. The Morgan fingerprint density at radius 3 is 2.55 bits per heavy atom. The van der Waals surface area contributed by atoms with Crippen molar-refractivity contribution in [3.8, 4) is 5.75 Å². The molecule has 0 aliphatic rings. The zero-order valence-electron chi connectivity index (χ0n) is 18.9. The van der Waals surface area contributed by atoms with Crippen LogP contribution in [0, 0.1) is 0 Å². The molecule has 0 aliphatic carbocycles. The van der Waals surface area contributed by atoms with Crippen LogP contribution in [0.5, 0.6) is 5.75 Å². The van der Waals surface area contributed by atoms with E-state index >= 15 is 0 Å². The number of fused-ring (bicyclic) bond motifs is 1. The van der Waals surface area contributed by atoms with Gasteiger partial charge in [0.25, 0.3) is 0 Å². The number of ether oxygens (including phenoxy) is 1. The van der Waals surface area contributed by atoms with Gasteiger partial charge in [-0.1, -0.05) is 61.5 Å². The highest BCUT2D eigenvalue weighted by molar-refractivity contribution is 5.91. The van der Waals surface area contributed by atoms with E-state index in [0.29, 0.717) is 19.6 Å². The molecular weight excluding hydrogens is 410 g/mol. The molecule has 0 fully saturated rings. The van der Waals surface area contributed by atoms with Crippen LogP contribution in [0.2, 0.25) is 0 Å². The summed E-state index contributed by atoms with van der Waals surface area (Å²) in [6, 6.07) is 25.9. The minimum atomic E-state index is -0.113. The Hall–Kier alpha value is -3.86. The molecule has 0 saturated carbocycles. The van der Waals surface area contributed by atoms with Crippen LogP contribution in [0.3, 0.4) is 0 Å². The van der Waals surface area contributed by atoms with Gasteiger partial charge < -0.3 is 14.6 Å². The van der Waals surface area contributed by atoms with E-state index < -0.39 is 0 Å². The molecule has 168 valence electrons. The molecular formula is C28H29N3O2. The van der Waals surface area contributed by atoms with Gasteiger partial charge in [-0.05, 0) is 47.9 Å². The second-order valence-corrected chi connectivity index (χ2v) is 7.89. The van der Waals surface area contributed by atoms with Crippen LogP contribution >= 0.6 is 0 Å². The van der Waals surface area contributed by atoms with Crippen LogP contribution in [-0.4, -0.2) is 22.0 Å². The van der Waals surface area contributed by atoms with Gasteiger partial charge in [-0.15, -0.1) is 0 Å². The van der Waals surface area contributed by atoms with Gasteiger partial charge in [0.15, 0.2) is 0 Å². The summed E-state index contributed by atoms with van der Waals surface area (Å²) in [5.74, 6) is 1.70. The van der Waals surface area contributed by atoms with Crippen LogP contribution in [0.15, 0.2) is 84.9 Å². The fraction of sp³-hybridized carbons (Fsp3) is 0.214. The molecule has 5 heteroatoms. The van der Waals surface area contributed by atoms with Crippen molar-refractivity contribution >= 4 is 23.0 Å². The molecule has 1 amide bonds. The lowest BCUT2D eigenvalue weighted by Crippen LogP contribution is -2.24. The number of carbonyl (C=O) groups is 1. The van der Waals surface area contributed by atoms with Gasteiger partial charge in [0.2, 0.25) is 5.91 Å². The zero-order valence-corrected chi connectivity index (χ0v) is 18.9. The number of nitrogens with one attached hydrogen (secondary N) is 1. The molecule has 0 unspecified atom stereocenters. The number of nitrogens with zero attached hydrogens (tertiary/aromatic N) is 2. The lowest BCUT2D eigenvalue weighted by atomic mass is 10.2. The third-order valence-corrected chi connectivity index (χ3v) is 5.38. The van der Waals surface area contributed by atoms with Gasteiger partial charge >= 0.3 is 0 Å². The summed E-state index contributed by atoms with van der Waals surface area (Å²) in [6.45, 7) is 4.16. The molecule has 5 nitrogen and oxygen atoms in total. The maximum atomic E-state index is 12.3. The third kappa shape index (κ3) is 6.10. The van der Waals surface area contributed by atoms with E-state index in [2.05, 4.69) is 22.9 Å². The predicted molar refractivity (Wildman–Crippen MR) is 133 cm³/mol. The summed E-state index contributed by atoms with van der Waals surface area (Å²) in [6.07, 6.45) is 5.11. The zero-order chi connectivity index (χ0) is 22.9. The van der Waals surface area contributed by atoms with Gasteiger partial charge in [0.1, 0.15) is 18.2 Å². The number of hydrogen-bond acceptors (Lipinski definition) is 3. The van der Waals surface area contributed by atoms with Crippen molar-refractivity contribution in [2.24, 2.45) is 0 Å². The Morgan fingerprint density at radius 2 is 1.76 bits per heavy atom. The fourth-order valence-corrected chi connectivity index (χ4v) is 3.73. The number of hydrogen-bond donors (Lipinski definition) is 1. The largest absolute Gasteiger partial charge is 0.489 e. The fourth-order valence-electron chi connectivity index (χ4n) is 3.73. The Kier molecular flexibility index (Phi) is 7.54. The normalized spacial score (nSPS) is 11.2. The smallest absolute Gasteiger partial charge is 0.244 e. The number of carbonyl (C=O) groups excluding carboxylic acids is 1. The number of benzene rings is 3. The monoisotopic (exact) mass is 439 g/mol. The van der Waals surface area contributed by atoms with E-state index in [1.54, 1.807) is 6.08 Å². The summed E-state index contributed by atoms with van der Waals surface area (Å²) >= 11 is 0. The van der Waals surface area contributed by atoms with E-state index in [1.807, 2.05) is 78.9 Å². The van der Waals surface area contributed by atoms with Crippen molar-refractivity contribution in [3.63, 3.8) is 0 Å². The van der Waals surface area contributed by atoms with E-state index in [4.69, 9.17) is 9.72 Å². The maximum Gasteiger partial charge on any atom is 0.244 e. The standard InChI is InChI=1S/C28H29N3O2/c1-2-20-31-26-11-7-6-10-25(26)30-27(31)18-19-29-28(32)17-14-22-12-15-24(16-13-22)33-21-23-8-4-3-5-9-23/h3-17H,2,18-21H2,1H3,(H,29,32)/b17-14+. The first-order valence-corrected chi connectivity index (χ1v) is 11.4. The lowest BCUT2D eigenvalue weighted by Gasteiger charge is -2.08. The number of aromatic nitrogens is 2. The van der Waals surface area contributed by atoms with E-state index in [1.165, 1.54) is 0 Å². The Morgan fingerprint density at radius 1 is 1.00 bits per heavy atom. The molecule has 0 saturated heterocycles. The van der Waals surface area contributed by atoms with Crippen LogP contribution in [0.4, 0.5) is 0 Å². The highest BCUT2D eigenvalue weighted by atomic mass is 16.5. The number of imidazole rings is 1. The summed E-state index contributed by atoms with van der Waals surface area (Å²) < 4.78 is 8.05. The Balaban J connectivity index is 1.26. The van der Waals surface area contributed by atoms with Gasteiger partial charge in [-0.2, -0.15) is 0 Å². The van der Waals surface area contributed by atoms with E-state index in [-0.39, 0.29) is 5.91 Å². The molecule has 1 heterocycles. The Bertz CT molecular complexity index is 1210. The summed E-state index contributed by atoms with van der Waals surface area (Å²) in [7, 11) is 0. The maximum absolute atomic E-state index is 12.3. The second kappa shape index (κ2) is 11.1. The molecule has 0 spiro atoms. The highest BCUT2D eigenvalue weighted by Gasteiger charge is 2.09. The van der Waals surface area contributed by atoms with Crippen molar-refractivity contribution in [3.05, 3.63) is 102 Å². The molecule has 1 aromatic heterocycles. The minimum Gasteiger partial charge on any atom is -0.489 e. The molecule has 0 atom stereocenters. The number of amides is 1. The van der Waals surface area contributed by atoms with Crippen molar-refractivity contribution in [2.45, 2.75) is 32.9 Å². The molecule has 0 radical (unpaired) electrons. The molecule has 33 heavy (non-hydrogen) atoms. The molecule has 0 bridgehead atoms. The molecule has 0 aliphatic heterocycles. The highest BCUT2D eigenvalue weighted by Crippen LogP contribution is 2.17. The Labute approximate surface area is 194 Å². The quantitative estimate of drug-likeness (QED) is 0.337. The SMILES string of the molecule is CCCn1c(CCNC(=O)/C=C/c2ccc(OCc3ccccc3)cc2)nc2ccccc21. The van der Waals surface area contributed by atoms with E-state index in [0.717, 1.165) is 46.7 Å². The first-order chi connectivity index (χ1) is 16.2. The lowest BCUT2D eigenvalue weighted by molar-refractivity contribution is -0.116. The first kappa shape index (κ1) is 22.3. The van der Waals surface area contributed by atoms with Crippen LogP contribution in [0.25, 0.3) is 17.1 Å². The van der Waals surface area contributed by atoms with Crippen molar-refractivity contribution in [2.75, 3.05) is 6.54 Å². The van der Waals surface area contributed by atoms with Crippen LogP contribution in [0.1, 0.15) is 30.3 Å². The summed E-state index contributed by atoms with van der Waals surface area (Å²) in [4.78, 5) is 17.0. The third-order valence-electron chi connectivity index (χ3n) is 5.38. The van der Waals surface area contributed by atoms with Gasteiger partial charge in [-0.25, -0.2) is 4.98 Å². The van der Waals surface area contributed by atoms with Gasteiger partial charge in [0.05, 0.1) is 11.0 Å². The van der Waals surface area contributed by atoms with Crippen molar-refractivity contribution < 1.29 is 9.53 Å². The number of aryl methyl sites for hydroxylation is 1. The minimum absolute atomic E-state index is 0.113. The predicted octanol–water partition coefficient (Wildman–Crippen LogP) is 5.40. The summed E-state index contributed by atoms with van der Waals surface area (Å²) in [5.41, 5.74) is 4.23. The van der Waals surface area contributed by atoms with E-state index in [9.17, 15) is 4.79 Å². The van der Waals surface area contributed by atoms with Gasteiger partial charge in [-0.3, -0.25) is 4.79 Å². The second-order valence-electron chi connectivity index (χ2n) is 7.89. The van der Waals surface area contributed by atoms with Gasteiger partial charge in [0, 0.05) is 25.6 Å². The molecule has 4 rings (SSSR count). The average Bonchev–Trinajstić information content (AvgIpc) is 3.20. The first-order valence-electron chi connectivity index (χ1n) is 11.4. The number of rotatable bonds is 10. The molecule has 1 N–H and O–H groups in total.